The fourth-order valence-corrected chi connectivity index (χ4v) is 3.16. The molecule has 1 aromatic carbocycles. The fraction of sp³-hybridized carbons (Fsp3) is 0.421. The molecular formula is C19H24N2O. The Balaban J connectivity index is 1.78. The van der Waals surface area contributed by atoms with E-state index in [2.05, 4.69) is 41.1 Å². The van der Waals surface area contributed by atoms with Crippen LogP contribution >= 0.6 is 0 Å². The molecule has 1 aliphatic heterocycles. The van der Waals surface area contributed by atoms with Crippen molar-refractivity contribution < 1.29 is 5.11 Å². The number of pyridine rings is 1. The van der Waals surface area contributed by atoms with Crippen molar-refractivity contribution in [1.29, 1.82) is 0 Å². The molecule has 3 heteroatoms. The molecule has 116 valence electrons. The molecule has 1 saturated heterocycles. The van der Waals surface area contributed by atoms with Crippen molar-refractivity contribution in [2.24, 2.45) is 0 Å². The summed E-state index contributed by atoms with van der Waals surface area (Å²) in [6, 6.07) is 12.7. The molecule has 1 aromatic heterocycles. The Hall–Kier alpha value is -1.87. The monoisotopic (exact) mass is 296 g/mol. The quantitative estimate of drug-likeness (QED) is 0.917. The standard InChI is InChI=1S/C19H24N2O/c1-14-19(22)11-10-18(20-14)17-8-6-16(7-9-17)15(2)21-12-4-3-5-13-21/h6-11,15,22H,3-5,12-13H2,1-2H3. The minimum absolute atomic E-state index is 0.249. The molecule has 0 saturated carbocycles. The van der Waals surface area contributed by atoms with E-state index in [1.165, 1.54) is 37.9 Å². The van der Waals surface area contributed by atoms with Crippen LogP contribution in [0.25, 0.3) is 11.3 Å². The molecule has 2 heterocycles. The van der Waals surface area contributed by atoms with E-state index < -0.39 is 0 Å². The predicted octanol–water partition coefficient (Wildman–Crippen LogP) is 4.31. The molecule has 1 N–H and O–H groups in total. The van der Waals surface area contributed by atoms with Crippen LogP contribution in [0.3, 0.4) is 0 Å². The lowest BCUT2D eigenvalue weighted by Crippen LogP contribution is -2.32. The van der Waals surface area contributed by atoms with Crippen LogP contribution in [0, 0.1) is 6.92 Å². The SMILES string of the molecule is Cc1nc(-c2ccc(C(C)N3CCCCC3)cc2)ccc1O. The van der Waals surface area contributed by atoms with Crippen LogP contribution in [-0.4, -0.2) is 28.1 Å². The Labute approximate surface area is 132 Å². The van der Waals surface area contributed by atoms with Crippen LogP contribution in [0.5, 0.6) is 5.75 Å². The van der Waals surface area contributed by atoms with E-state index in [0.29, 0.717) is 11.7 Å². The van der Waals surface area contributed by atoms with Crippen LogP contribution in [0.1, 0.15) is 43.5 Å². The van der Waals surface area contributed by atoms with Crippen LogP contribution < -0.4 is 0 Å². The van der Waals surface area contributed by atoms with Crippen molar-refractivity contribution in [1.82, 2.24) is 9.88 Å². The topological polar surface area (TPSA) is 36.4 Å². The average molecular weight is 296 g/mol. The molecule has 3 rings (SSSR count). The van der Waals surface area contributed by atoms with Gasteiger partial charge < -0.3 is 5.11 Å². The molecule has 0 bridgehead atoms. The zero-order chi connectivity index (χ0) is 15.5. The van der Waals surface area contributed by atoms with Crippen LogP contribution in [-0.2, 0) is 0 Å². The lowest BCUT2D eigenvalue weighted by Gasteiger charge is -2.32. The Kier molecular flexibility index (Phi) is 4.44. The Morgan fingerprint density at radius 3 is 2.32 bits per heavy atom. The first kappa shape index (κ1) is 15.0. The molecule has 0 radical (unpaired) electrons. The van der Waals surface area contributed by atoms with Crippen molar-refractivity contribution in [3.8, 4) is 17.0 Å². The van der Waals surface area contributed by atoms with Crippen molar-refractivity contribution in [3.05, 3.63) is 47.7 Å². The van der Waals surface area contributed by atoms with Gasteiger partial charge in [0.15, 0.2) is 0 Å². The minimum atomic E-state index is 0.249. The summed E-state index contributed by atoms with van der Waals surface area (Å²) in [5, 5.41) is 9.58. The van der Waals surface area contributed by atoms with E-state index in [0.717, 1.165) is 11.3 Å². The number of hydrogen-bond acceptors (Lipinski definition) is 3. The summed E-state index contributed by atoms with van der Waals surface area (Å²) in [6.45, 7) is 6.54. The molecule has 1 unspecified atom stereocenters. The molecule has 1 fully saturated rings. The maximum absolute atomic E-state index is 9.58. The first-order valence-electron chi connectivity index (χ1n) is 8.16. The molecule has 1 atom stereocenters. The third-order valence-electron chi connectivity index (χ3n) is 4.69. The second kappa shape index (κ2) is 6.49. The lowest BCUT2D eigenvalue weighted by atomic mass is 10.0. The summed E-state index contributed by atoms with van der Waals surface area (Å²) in [5.74, 6) is 0.249. The minimum Gasteiger partial charge on any atom is -0.506 e. The van der Waals surface area contributed by atoms with Gasteiger partial charge in [-0.2, -0.15) is 0 Å². The van der Waals surface area contributed by atoms with E-state index in [-0.39, 0.29) is 5.75 Å². The number of rotatable bonds is 3. The van der Waals surface area contributed by atoms with Gasteiger partial charge in [-0.25, -0.2) is 4.98 Å². The molecular weight excluding hydrogens is 272 g/mol. The van der Waals surface area contributed by atoms with Gasteiger partial charge >= 0.3 is 0 Å². The summed E-state index contributed by atoms with van der Waals surface area (Å²) in [4.78, 5) is 7.02. The third kappa shape index (κ3) is 3.14. The highest BCUT2D eigenvalue weighted by molar-refractivity contribution is 5.60. The van der Waals surface area contributed by atoms with Gasteiger partial charge in [-0.3, -0.25) is 4.90 Å². The van der Waals surface area contributed by atoms with Gasteiger partial charge in [-0.05, 0) is 57.5 Å². The van der Waals surface area contributed by atoms with Gasteiger partial charge in [0, 0.05) is 11.6 Å². The van der Waals surface area contributed by atoms with E-state index in [1.54, 1.807) is 6.07 Å². The first-order chi connectivity index (χ1) is 10.6. The number of aromatic hydroxyl groups is 1. The Morgan fingerprint density at radius 1 is 1.00 bits per heavy atom. The number of piperidine rings is 1. The zero-order valence-electron chi connectivity index (χ0n) is 13.4. The Bertz CT molecular complexity index is 630. The number of hydrogen-bond donors (Lipinski definition) is 1. The highest BCUT2D eigenvalue weighted by atomic mass is 16.3. The molecule has 0 amide bonds. The maximum Gasteiger partial charge on any atom is 0.136 e. The summed E-state index contributed by atoms with van der Waals surface area (Å²) in [5.41, 5.74) is 4.04. The highest BCUT2D eigenvalue weighted by Crippen LogP contribution is 2.27. The molecule has 2 aromatic rings. The molecule has 22 heavy (non-hydrogen) atoms. The van der Waals surface area contributed by atoms with E-state index in [9.17, 15) is 5.11 Å². The largest absolute Gasteiger partial charge is 0.506 e. The lowest BCUT2D eigenvalue weighted by molar-refractivity contribution is 0.175. The van der Waals surface area contributed by atoms with Crippen molar-refractivity contribution >= 4 is 0 Å². The second-order valence-corrected chi connectivity index (χ2v) is 6.20. The highest BCUT2D eigenvalue weighted by Gasteiger charge is 2.18. The summed E-state index contributed by atoms with van der Waals surface area (Å²) in [7, 11) is 0. The second-order valence-electron chi connectivity index (χ2n) is 6.20. The summed E-state index contributed by atoms with van der Waals surface area (Å²) in [6.07, 6.45) is 4.01. The van der Waals surface area contributed by atoms with Gasteiger partial charge in [0.25, 0.3) is 0 Å². The van der Waals surface area contributed by atoms with Crippen LogP contribution in [0.2, 0.25) is 0 Å². The number of nitrogens with zero attached hydrogens (tertiary/aromatic N) is 2. The number of aromatic nitrogens is 1. The first-order valence-corrected chi connectivity index (χ1v) is 8.16. The summed E-state index contributed by atoms with van der Waals surface area (Å²) < 4.78 is 0. The average Bonchev–Trinajstić information content (AvgIpc) is 2.58. The normalized spacial score (nSPS) is 17.4. The molecule has 3 nitrogen and oxygen atoms in total. The zero-order valence-corrected chi connectivity index (χ0v) is 13.4. The smallest absolute Gasteiger partial charge is 0.136 e. The number of benzene rings is 1. The van der Waals surface area contributed by atoms with Crippen molar-refractivity contribution in [2.45, 2.75) is 39.2 Å². The van der Waals surface area contributed by atoms with Gasteiger partial charge in [-0.15, -0.1) is 0 Å². The van der Waals surface area contributed by atoms with Gasteiger partial charge in [0.1, 0.15) is 5.75 Å². The number of aryl methyl sites for hydroxylation is 1. The Morgan fingerprint density at radius 2 is 1.68 bits per heavy atom. The summed E-state index contributed by atoms with van der Waals surface area (Å²) >= 11 is 0. The predicted molar refractivity (Wildman–Crippen MR) is 89.9 cm³/mol. The van der Waals surface area contributed by atoms with Crippen molar-refractivity contribution in [3.63, 3.8) is 0 Å². The van der Waals surface area contributed by atoms with Gasteiger partial charge in [-0.1, -0.05) is 30.7 Å². The van der Waals surface area contributed by atoms with Crippen LogP contribution in [0.15, 0.2) is 36.4 Å². The van der Waals surface area contributed by atoms with Crippen molar-refractivity contribution in [2.75, 3.05) is 13.1 Å². The fourth-order valence-electron chi connectivity index (χ4n) is 3.16. The van der Waals surface area contributed by atoms with E-state index in [4.69, 9.17) is 0 Å². The maximum atomic E-state index is 9.58. The third-order valence-corrected chi connectivity index (χ3v) is 4.69. The van der Waals surface area contributed by atoms with Gasteiger partial charge in [0.05, 0.1) is 11.4 Å². The molecule has 1 aliphatic rings. The van der Waals surface area contributed by atoms with Crippen LogP contribution in [0.4, 0.5) is 0 Å². The van der Waals surface area contributed by atoms with E-state index >= 15 is 0 Å². The van der Waals surface area contributed by atoms with Gasteiger partial charge in [0.2, 0.25) is 0 Å². The number of likely N-dealkylation sites (tertiary alicyclic amines) is 1. The molecule has 0 spiro atoms. The molecule has 0 aliphatic carbocycles. The van der Waals surface area contributed by atoms with E-state index in [1.807, 2.05) is 13.0 Å².